The summed E-state index contributed by atoms with van der Waals surface area (Å²) in [6.07, 6.45) is 3.23. The molecule has 1 unspecified atom stereocenters. The molecule has 3 rings (SSSR count). The quantitative estimate of drug-likeness (QED) is 0.584. The van der Waals surface area contributed by atoms with Crippen molar-refractivity contribution < 1.29 is 23.8 Å². The lowest BCUT2D eigenvalue weighted by molar-refractivity contribution is -0.153. The number of likely N-dealkylation sites (tertiary alicyclic amines) is 2. The van der Waals surface area contributed by atoms with E-state index in [1.807, 2.05) is 39.8 Å². The third kappa shape index (κ3) is 6.62. The number of methoxy groups -OCH3 is 1. The van der Waals surface area contributed by atoms with Crippen LogP contribution in [0.1, 0.15) is 64.9 Å². The maximum absolute atomic E-state index is 13.0. The van der Waals surface area contributed by atoms with Crippen LogP contribution in [-0.4, -0.2) is 73.4 Å². The fraction of sp³-hybridized carbons (Fsp3) is 0.692. The van der Waals surface area contributed by atoms with E-state index in [1.165, 1.54) is 5.56 Å². The minimum atomic E-state index is -0.507. The number of hydrogen-bond donors (Lipinski definition) is 0. The zero-order chi connectivity index (χ0) is 24.0. The molecule has 1 amide bonds. The molecular formula is C26H40N2O5. The van der Waals surface area contributed by atoms with Crippen LogP contribution in [0, 0.1) is 5.92 Å². The predicted molar refractivity (Wildman–Crippen MR) is 127 cm³/mol. The summed E-state index contributed by atoms with van der Waals surface area (Å²) in [6, 6.07) is 7.96. The van der Waals surface area contributed by atoms with E-state index in [9.17, 15) is 9.59 Å². The first kappa shape index (κ1) is 25.3. The summed E-state index contributed by atoms with van der Waals surface area (Å²) in [6.45, 7) is 10.8. The number of ether oxygens (including phenoxy) is 3. The van der Waals surface area contributed by atoms with E-state index in [2.05, 4.69) is 17.0 Å². The van der Waals surface area contributed by atoms with E-state index in [0.717, 1.165) is 44.5 Å². The second-order valence-electron chi connectivity index (χ2n) is 10.1. The van der Waals surface area contributed by atoms with Gasteiger partial charge < -0.3 is 19.1 Å². The van der Waals surface area contributed by atoms with Crippen LogP contribution in [0.3, 0.4) is 0 Å². The number of para-hydroxylation sites is 1. The Morgan fingerprint density at radius 3 is 2.24 bits per heavy atom. The third-order valence-corrected chi connectivity index (χ3v) is 6.67. The van der Waals surface area contributed by atoms with Gasteiger partial charge in [0, 0.05) is 13.1 Å². The average Bonchev–Trinajstić information content (AvgIpc) is 2.79. The number of piperidine rings is 2. The van der Waals surface area contributed by atoms with Crippen molar-refractivity contribution in [2.75, 3.05) is 39.9 Å². The first-order chi connectivity index (χ1) is 15.7. The highest BCUT2D eigenvalue weighted by Crippen LogP contribution is 2.36. The lowest BCUT2D eigenvalue weighted by atomic mass is 9.84. The maximum atomic E-state index is 13.0. The minimum Gasteiger partial charge on any atom is -0.496 e. The van der Waals surface area contributed by atoms with Crippen LogP contribution in [0.4, 0.5) is 4.79 Å². The molecule has 7 nitrogen and oxygen atoms in total. The molecular weight excluding hydrogens is 420 g/mol. The van der Waals surface area contributed by atoms with E-state index in [0.29, 0.717) is 25.6 Å². The van der Waals surface area contributed by atoms with Gasteiger partial charge in [-0.25, -0.2) is 4.79 Å². The number of carbonyl (C=O) groups is 2. The standard InChI is InChI=1S/C26H40N2O5/c1-6-32-24(29)23(20-13-17-28(18-14-20)25(30)33-26(2,3)4)27-15-11-19(12-16-27)21-9-7-8-10-22(21)31-5/h7-10,19-20,23H,6,11-18H2,1-5H3. The zero-order valence-corrected chi connectivity index (χ0v) is 20.8. The summed E-state index contributed by atoms with van der Waals surface area (Å²) in [5.74, 6) is 1.40. The molecule has 2 saturated heterocycles. The first-order valence-corrected chi connectivity index (χ1v) is 12.2. The van der Waals surface area contributed by atoms with E-state index < -0.39 is 5.60 Å². The molecule has 7 heteroatoms. The molecule has 184 valence electrons. The van der Waals surface area contributed by atoms with Crippen molar-refractivity contribution in [2.24, 2.45) is 5.92 Å². The van der Waals surface area contributed by atoms with Gasteiger partial charge in [0.15, 0.2) is 0 Å². The van der Waals surface area contributed by atoms with Gasteiger partial charge in [-0.05, 0) is 89.9 Å². The highest BCUT2D eigenvalue weighted by atomic mass is 16.6. The smallest absolute Gasteiger partial charge is 0.410 e. The molecule has 0 spiro atoms. The van der Waals surface area contributed by atoms with E-state index >= 15 is 0 Å². The fourth-order valence-corrected chi connectivity index (χ4v) is 5.08. The van der Waals surface area contributed by atoms with Crippen LogP contribution >= 0.6 is 0 Å². The maximum Gasteiger partial charge on any atom is 0.410 e. The van der Waals surface area contributed by atoms with E-state index in [-0.39, 0.29) is 24.0 Å². The van der Waals surface area contributed by atoms with E-state index in [4.69, 9.17) is 14.2 Å². The number of rotatable bonds is 6. The highest BCUT2D eigenvalue weighted by Gasteiger charge is 2.39. The highest BCUT2D eigenvalue weighted by molar-refractivity contribution is 5.76. The van der Waals surface area contributed by atoms with Gasteiger partial charge in [-0.1, -0.05) is 18.2 Å². The topological polar surface area (TPSA) is 68.3 Å². The molecule has 2 aliphatic rings. The van der Waals surface area contributed by atoms with Crippen molar-refractivity contribution in [3.05, 3.63) is 29.8 Å². The number of nitrogens with zero attached hydrogens (tertiary/aromatic N) is 2. The lowest BCUT2D eigenvalue weighted by Gasteiger charge is -2.42. The molecule has 1 aromatic carbocycles. The third-order valence-electron chi connectivity index (χ3n) is 6.67. The van der Waals surface area contributed by atoms with Crippen molar-refractivity contribution in [3.63, 3.8) is 0 Å². The van der Waals surface area contributed by atoms with Gasteiger partial charge in [0.25, 0.3) is 0 Å². The van der Waals surface area contributed by atoms with Gasteiger partial charge in [-0.3, -0.25) is 9.69 Å². The second kappa shape index (κ2) is 11.2. The molecule has 0 bridgehead atoms. The molecule has 0 aromatic heterocycles. The molecule has 0 saturated carbocycles. The lowest BCUT2D eigenvalue weighted by Crippen LogP contribution is -2.53. The molecule has 0 radical (unpaired) electrons. The summed E-state index contributed by atoms with van der Waals surface area (Å²) in [4.78, 5) is 29.5. The van der Waals surface area contributed by atoms with E-state index in [1.54, 1.807) is 12.0 Å². The number of carbonyl (C=O) groups excluding carboxylic acids is 2. The van der Waals surface area contributed by atoms with Crippen LogP contribution in [-0.2, 0) is 14.3 Å². The summed E-state index contributed by atoms with van der Waals surface area (Å²) >= 11 is 0. The minimum absolute atomic E-state index is 0.135. The van der Waals surface area contributed by atoms with Crippen LogP contribution in [0.5, 0.6) is 5.75 Å². The average molecular weight is 461 g/mol. The molecule has 1 aromatic rings. The number of amides is 1. The Kier molecular flexibility index (Phi) is 8.63. The van der Waals surface area contributed by atoms with Crippen LogP contribution < -0.4 is 4.74 Å². The van der Waals surface area contributed by atoms with Gasteiger partial charge in [0.05, 0.1) is 13.7 Å². The Labute approximate surface area is 198 Å². The summed E-state index contributed by atoms with van der Waals surface area (Å²) in [5, 5.41) is 0. The number of hydrogen-bond acceptors (Lipinski definition) is 6. The van der Waals surface area contributed by atoms with Gasteiger partial charge in [-0.2, -0.15) is 0 Å². The number of benzene rings is 1. The van der Waals surface area contributed by atoms with Crippen molar-refractivity contribution in [1.29, 1.82) is 0 Å². The molecule has 0 aliphatic carbocycles. The summed E-state index contributed by atoms with van der Waals surface area (Å²) < 4.78 is 16.6. The molecule has 0 N–H and O–H groups in total. The largest absolute Gasteiger partial charge is 0.496 e. The van der Waals surface area contributed by atoms with Gasteiger partial charge in [0.1, 0.15) is 17.4 Å². The SMILES string of the molecule is CCOC(=O)C(C1CCN(C(=O)OC(C)(C)C)CC1)N1CCC(c2ccccc2OC)CC1. The predicted octanol–water partition coefficient (Wildman–Crippen LogP) is 4.45. The fourth-order valence-electron chi connectivity index (χ4n) is 5.08. The second-order valence-corrected chi connectivity index (χ2v) is 10.1. The molecule has 2 heterocycles. The van der Waals surface area contributed by atoms with Crippen molar-refractivity contribution in [3.8, 4) is 5.75 Å². The molecule has 2 fully saturated rings. The summed E-state index contributed by atoms with van der Waals surface area (Å²) in [7, 11) is 1.72. The molecule has 33 heavy (non-hydrogen) atoms. The van der Waals surface area contributed by atoms with Crippen LogP contribution in [0.15, 0.2) is 24.3 Å². The summed E-state index contributed by atoms with van der Waals surface area (Å²) in [5.41, 5.74) is 0.741. The zero-order valence-electron chi connectivity index (χ0n) is 20.8. The molecule has 1 atom stereocenters. The Hall–Kier alpha value is -2.28. The Morgan fingerprint density at radius 1 is 1.03 bits per heavy atom. The van der Waals surface area contributed by atoms with Crippen molar-refractivity contribution in [1.82, 2.24) is 9.80 Å². The van der Waals surface area contributed by atoms with Crippen molar-refractivity contribution >= 4 is 12.1 Å². The Bertz CT molecular complexity index is 790. The normalized spacial score (nSPS) is 19.7. The molecule has 2 aliphatic heterocycles. The Morgan fingerprint density at radius 2 is 1.67 bits per heavy atom. The van der Waals surface area contributed by atoms with Gasteiger partial charge in [0.2, 0.25) is 0 Å². The van der Waals surface area contributed by atoms with Gasteiger partial charge >= 0.3 is 12.1 Å². The Balaban J connectivity index is 1.63. The monoisotopic (exact) mass is 460 g/mol. The van der Waals surface area contributed by atoms with Crippen LogP contribution in [0.2, 0.25) is 0 Å². The van der Waals surface area contributed by atoms with Crippen molar-refractivity contribution in [2.45, 2.75) is 70.9 Å². The number of esters is 1. The van der Waals surface area contributed by atoms with Gasteiger partial charge in [-0.15, -0.1) is 0 Å². The first-order valence-electron chi connectivity index (χ1n) is 12.2. The van der Waals surface area contributed by atoms with Crippen LogP contribution in [0.25, 0.3) is 0 Å².